The number of carbonyl (C=O) groups is 1. The predicted molar refractivity (Wildman–Crippen MR) is 66.4 cm³/mol. The number of aliphatic carboxylic acids is 1. The van der Waals surface area contributed by atoms with Crippen molar-refractivity contribution < 1.29 is 14.3 Å². The summed E-state index contributed by atoms with van der Waals surface area (Å²) in [4.78, 5) is 10.9. The van der Waals surface area contributed by atoms with Gasteiger partial charge in [-0.25, -0.2) is 0 Å². The van der Waals surface area contributed by atoms with Crippen molar-refractivity contribution in [2.24, 2.45) is 5.92 Å². The molecule has 3 nitrogen and oxygen atoms in total. The zero-order valence-electron chi connectivity index (χ0n) is 9.61. The highest BCUT2D eigenvalue weighted by atomic mass is 35.5. The van der Waals surface area contributed by atoms with Gasteiger partial charge in [-0.3, -0.25) is 4.79 Å². The van der Waals surface area contributed by atoms with Crippen molar-refractivity contribution >= 4 is 28.5 Å². The molecular formula is C13H13ClO3. The molecular weight excluding hydrogens is 240 g/mol. The van der Waals surface area contributed by atoms with E-state index in [1.807, 2.05) is 25.1 Å². The first-order chi connectivity index (χ1) is 8.00. The molecule has 0 fully saturated rings. The van der Waals surface area contributed by atoms with Crippen molar-refractivity contribution in [2.45, 2.75) is 19.8 Å². The van der Waals surface area contributed by atoms with Crippen LogP contribution in [0.1, 0.15) is 25.5 Å². The predicted octanol–water partition coefficient (Wildman–Crippen LogP) is 3.91. The summed E-state index contributed by atoms with van der Waals surface area (Å²) >= 11 is 6.01. The first kappa shape index (κ1) is 12.0. The van der Waals surface area contributed by atoms with Crippen LogP contribution in [0.3, 0.4) is 0 Å². The Morgan fingerprint density at radius 1 is 1.41 bits per heavy atom. The Hall–Kier alpha value is -1.48. The van der Waals surface area contributed by atoms with Crippen LogP contribution in [0.4, 0.5) is 0 Å². The molecule has 0 spiro atoms. The van der Waals surface area contributed by atoms with Crippen molar-refractivity contribution in [3.63, 3.8) is 0 Å². The van der Waals surface area contributed by atoms with Crippen molar-refractivity contribution in [1.82, 2.24) is 0 Å². The van der Waals surface area contributed by atoms with Gasteiger partial charge in [0.2, 0.25) is 0 Å². The lowest BCUT2D eigenvalue weighted by Crippen LogP contribution is -2.16. The molecule has 1 aromatic carbocycles. The molecule has 2 rings (SSSR count). The molecule has 1 heterocycles. The Morgan fingerprint density at radius 2 is 2.12 bits per heavy atom. The summed E-state index contributed by atoms with van der Waals surface area (Å²) in [7, 11) is 0. The summed E-state index contributed by atoms with van der Waals surface area (Å²) < 4.78 is 5.64. The van der Waals surface area contributed by atoms with Crippen molar-refractivity contribution in [1.29, 1.82) is 0 Å². The molecule has 2 atom stereocenters. The molecule has 90 valence electrons. The molecule has 0 aliphatic heterocycles. The van der Waals surface area contributed by atoms with E-state index in [1.165, 1.54) is 0 Å². The molecule has 0 radical (unpaired) electrons. The van der Waals surface area contributed by atoms with E-state index < -0.39 is 11.9 Å². The van der Waals surface area contributed by atoms with Crippen LogP contribution in [0.25, 0.3) is 11.0 Å². The number of hydrogen-bond acceptors (Lipinski definition) is 2. The Labute approximate surface area is 104 Å². The first-order valence-electron chi connectivity index (χ1n) is 5.41. The van der Waals surface area contributed by atoms with E-state index in [0.29, 0.717) is 16.4 Å². The van der Waals surface area contributed by atoms with Crippen LogP contribution >= 0.6 is 11.6 Å². The van der Waals surface area contributed by atoms with E-state index >= 15 is 0 Å². The van der Waals surface area contributed by atoms with Crippen LogP contribution in [0.15, 0.2) is 28.7 Å². The van der Waals surface area contributed by atoms with E-state index in [0.717, 1.165) is 5.39 Å². The Balaban J connectivity index is 2.43. The SMILES string of the molecule is CC(C(=O)O)C(C)c1cc2cccc(Cl)c2o1. The molecule has 0 aliphatic carbocycles. The van der Waals surface area contributed by atoms with Gasteiger partial charge in [-0.05, 0) is 12.1 Å². The molecule has 0 saturated carbocycles. The van der Waals surface area contributed by atoms with Gasteiger partial charge in [0.05, 0.1) is 10.9 Å². The lowest BCUT2D eigenvalue weighted by Gasteiger charge is -2.12. The first-order valence-corrected chi connectivity index (χ1v) is 5.79. The minimum Gasteiger partial charge on any atom is -0.481 e. The van der Waals surface area contributed by atoms with Crippen molar-refractivity contribution in [2.75, 3.05) is 0 Å². The zero-order valence-corrected chi connectivity index (χ0v) is 10.4. The standard InChI is InChI=1S/C13H13ClO3/c1-7(8(2)13(15)16)11-6-9-4-3-5-10(14)12(9)17-11/h3-8H,1-2H3,(H,15,16). The van der Waals surface area contributed by atoms with Gasteiger partial charge in [-0.15, -0.1) is 0 Å². The molecule has 2 unspecified atom stereocenters. The molecule has 1 N–H and O–H groups in total. The number of rotatable bonds is 3. The Bertz CT molecular complexity index is 559. The number of hydrogen-bond donors (Lipinski definition) is 1. The van der Waals surface area contributed by atoms with Crippen LogP contribution in [-0.2, 0) is 4.79 Å². The van der Waals surface area contributed by atoms with Crippen LogP contribution in [0.5, 0.6) is 0 Å². The fourth-order valence-corrected chi connectivity index (χ4v) is 1.95. The topological polar surface area (TPSA) is 50.4 Å². The quantitative estimate of drug-likeness (QED) is 0.901. The highest BCUT2D eigenvalue weighted by Gasteiger charge is 2.24. The fraction of sp³-hybridized carbons (Fsp3) is 0.308. The van der Waals surface area contributed by atoms with Gasteiger partial charge in [0.25, 0.3) is 0 Å². The number of fused-ring (bicyclic) bond motifs is 1. The van der Waals surface area contributed by atoms with Gasteiger partial charge in [-0.2, -0.15) is 0 Å². The average molecular weight is 253 g/mol. The van der Waals surface area contributed by atoms with Gasteiger partial charge in [0.1, 0.15) is 5.76 Å². The molecule has 0 amide bonds. The minimum atomic E-state index is -0.830. The summed E-state index contributed by atoms with van der Waals surface area (Å²) in [5.74, 6) is -0.850. The van der Waals surface area contributed by atoms with Crippen molar-refractivity contribution in [3.8, 4) is 0 Å². The van der Waals surface area contributed by atoms with Gasteiger partial charge in [0, 0.05) is 11.3 Å². The summed E-state index contributed by atoms with van der Waals surface area (Å²) in [6.45, 7) is 3.51. The normalized spacial score (nSPS) is 14.8. The van der Waals surface area contributed by atoms with Crippen LogP contribution in [0, 0.1) is 5.92 Å². The van der Waals surface area contributed by atoms with Gasteiger partial charge in [-0.1, -0.05) is 37.6 Å². The third-order valence-electron chi connectivity index (χ3n) is 3.10. The molecule has 4 heteroatoms. The third-order valence-corrected chi connectivity index (χ3v) is 3.40. The fourth-order valence-electron chi connectivity index (χ4n) is 1.73. The van der Waals surface area contributed by atoms with E-state index in [-0.39, 0.29) is 5.92 Å². The number of carboxylic acids is 1. The maximum Gasteiger partial charge on any atom is 0.306 e. The molecule has 1 aromatic heterocycles. The van der Waals surface area contributed by atoms with Gasteiger partial charge in [0.15, 0.2) is 5.58 Å². The number of furan rings is 1. The molecule has 0 aliphatic rings. The Morgan fingerprint density at radius 3 is 2.71 bits per heavy atom. The highest BCUT2D eigenvalue weighted by molar-refractivity contribution is 6.34. The lowest BCUT2D eigenvalue weighted by molar-refractivity contribution is -0.141. The number of benzene rings is 1. The molecule has 0 saturated heterocycles. The zero-order chi connectivity index (χ0) is 12.6. The molecule has 0 bridgehead atoms. The number of para-hydroxylation sites is 1. The second-order valence-electron chi connectivity index (χ2n) is 4.22. The van der Waals surface area contributed by atoms with Crippen LogP contribution < -0.4 is 0 Å². The third kappa shape index (κ3) is 2.15. The van der Waals surface area contributed by atoms with E-state index in [2.05, 4.69) is 0 Å². The van der Waals surface area contributed by atoms with Gasteiger partial charge < -0.3 is 9.52 Å². The second-order valence-corrected chi connectivity index (χ2v) is 4.63. The van der Waals surface area contributed by atoms with E-state index in [9.17, 15) is 4.79 Å². The monoisotopic (exact) mass is 252 g/mol. The maximum atomic E-state index is 10.9. The molecule has 17 heavy (non-hydrogen) atoms. The number of carboxylic acid groups (broad SMARTS) is 1. The number of halogens is 1. The summed E-state index contributed by atoms with van der Waals surface area (Å²) in [6.07, 6.45) is 0. The average Bonchev–Trinajstić information content (AvgIpc) is 2.72. The minimum absolute atomic E-state index is 0.184. The summed E-state index contributed by atoms with van der Waals surface area (Å²) in [5.41, 5.74) is 0.619. The maximum absolute atomic E-state index is 10.9. The largest absolute Gasteiger partial charge is 0.481 e. The molecule has 2 aromatic rings. The van der Waals surface area contributed by atoms with E-state index in [1.54, 1.807) is 13.0 Å². The van der Waals surface area contributed by atoms with E-state index in [4.69, 9.17) is 21.1 Å². The summed E-state index contributed by atoms with van der Waals surface area (Å²) in [5, 5.41) is 10.4. The van der Waals surface area contributed by atoms with Gasteiger partial charge >= 0.3 is 5.97 Å². The second kappa shape index (κ2) is 4.41. The summed E-state index contributed by atoms with van der Waals surface area (Å²) in [6, 6.07) is 7.34. The highest BCUT2D eigenvalue weighted by Crippen LogP contribution is 2.32. The lowest BCUT2D eigenvalue weighted by atomic mass is 9.94. The Kier molecular flexibility index (Phi) is 3.11. The van der Waals surface area contributed by atoms with Crippen LogP contribution in [-0.4, -0.2) is 11.1 Å². The smallest absolute Gasteiger partial charge is 0.306 e. The van der Waals surface area contributed by atoms with Crippen molar-refractivity contribution in [3.05, 3.63) is 35.0 Å². The van der Waals surface area contributed by atoms with Crippen LogP contribution in [0.2, 0.25) is 5.02 Å².